The predicted octanol–water partition coefficient (Wildman–Crippen LogP) is -0.263. The number of aromatic hydroxyl groups is 2. The van der Waals surface area contributed by atoms with E-state index in [1.807, 2.05) is 4.90 Å². The number of carbonyl (C=O) groups excluding carboxylic acids is 8. The first-order valence-corrected chi connectivity index (χ1v) is 22.7. The first-order chi connectivity index (χ1) is 31.5. The van der Waals surface area contributed by atoms with E-state index in [-0.39, 0.29) is 66.8 Å². The Kier molecular flexibility index (Phi) is 11.9. The summed E-state index contributed by atoms with van der Waals surface area (Å²) in [6, 6.07) is 3.90. The molecule has 2 aromatic carbocycles. The molecular formula is C44H48N4O17S. The molecule has 5 heterocycles. The monoisotopic (exact) mass is 936 g/mol. The van der Waals surface area contributed by atoms with E-state index in [9.17, 15) is 58.8 Å². The number of hydrogen-bond acceptors (Lipinski definition) is 19. The maximum atomic E-state index is 14.1. The van der Waals surface area contributed by atoms with Gasteiger partial charge in [-0.15, -0.1) is 0 Å². The van der Waals surface area contributed by atoms with Crippen LogP contribution in [0.4, 0.5) is 0 Å². The van der Waals surface area contributed by atoms with Crippen LogP contribution in [0.3, 0.4) is 0 Å². The molecule has 9 rings (SSSR count). The summed E-state index contributed by atoms with van der Waals surface area (Å²) in [6.45, 7) is 0.522. The molecule has 2 aliphatic carbocycles. The zero-order chi connectivity index (χ0) is 47.3. The average molecular weight is 937 g/mol. The number of hydrogen-bond donors (Lipinski definition) is 4. The van der Waals surface area contributed by atoms with Gasteiger partial charge in [0.05, 0.1) is 47.2 Å². The predicted molar refractivity (Wildman–Crippen MR) is 223 cm³/mol. The van der Waals surface area contributed by atoms with Crippen molar-refractivity contribution >= 4 is 58.6 Å². The first kappa shape index (κ1) is 45.8. The van der Waals surface area contributed by atoms with E-state index in [4.69, 9.17) is 23.7 Å². The van der Waals surface area contributed by atoms with E-state index in [2.05, 4.69) is 0 Å². The minimum Gasteiger partial charge on any atom is -0.507 e. The van der Waals surface area contributed by atoms with Crippen molar-refractivity contribution in [3.05, 3.63) is 51.6 Å². The fourth-order valence-corrected chi connectivity index (χ4v) is 11.3. The molecular weight excluding hydrogens is 889 g/mol. The van der Waals surface area contributed by atoms with Gasteiger partial charge in [0.25, 0.3) is 0 Å². The van der Waals surface area contributed by atoms with Gasteiger partial charge < -0.3 is 49.0 Å². The number of ketones is 3. The lowest BCUT2D eigenvalue weighted by atomic mass is 9.72. The number of rotatable bonds is 11. The van der Waals surface area contributed by atoms with Gasteiger partial charge in [-0.2, -0.15) is 11.8 Å². The summed E-state index contributed by atoms with van der Waals surface area (Å²) in [5.41, 5.74) is -3.98. The van der Waals surface area contributed by atoms with E-state index in [1.54, 1.807) is 13.2 Å². The molecule has 5 aliphatic heterocycles. The number of likely N-dealkylation sites (tertiary alicyclic amines) is 2. The Morgan fingerprint density at radius 1 is 0.924 bits per heavy atom. The number of phenols is 2. The lowest BCUT2D eigenvalue weighted by Gasteiger charge is -2.45. The Bertz CT molecular complexity index is 2480. The molecule has 2 aromatic rings. The number of benzene rings is 2. The van der Waals surface area contributed by atoms with Crippen LogP contribution in [0, 0.1) is 5.92 Å². The molecule has 21 nitrogen and oxygen atoms in total. The molecule has 0 aromatic heterocycles. The van der Waals surface area contributed by atoms with Gasteiger partial charge in [0.15, 0.2) is 30.3 Å². The number of amides is 5. The number of nitrogens with zero attached hydrogens (tertiary/aromatic N) is 4. The molecule has 0 saturated carbocycles. The molecule has 352 valence electrons. The molecule has 10 atom stereocenters. The number of aliphatic hydroxyl groups excluding tert-OH is 1. The highest BCUT2D eigenvalue weighted by molar-refractivity contribution is 8.00. The number of carbonyl (C=O) groups is 8. The third kappa shape index (κ3) is 7.11. The topological polar surface area (TPSA) is 277 Å². The van der Waals surface area contributed by atoms with Crippen LogP contribution in [-0.4, -0.2) is 182 Å². The van der Waals surface area contributed by atoms with Crippen LogP contribution in [0.2, 0.25) is 0 Å². The van der Waals surface area contributed by atoms with Crippen LogP contribution in [0.15, 0.2) is 18.2 Å². The minimum atomic E-state index is -2.34. The molecule has 0 radical (unpaired) electrons. The fraction of sp³-hybridized carbons (Fsp3) is 0.545. The zero-order valence-electron chi connectivity index (χ0n) is 36.3. The van der Waals surface area contributed by atoms with Crippen molar-refractivity contribution in [3.8, 4) is 17.2 Å². The molecule has 7 aliphatic rings. The number of imide groups is 2. The van der Waals surface area contributed by atoms with Gasteiger partial charge in [-0.25, -0.2) is 0 Å². The molecule has 22 heteroatoms. The summed E-state index contributed by atoms with van der Waals surface area (Å²) in [4.78, 5) is 112. The lowest BCUT2D eigenvalue weighted by Crippen LogP contribution is -2.62. The maximum Gasteiger partial charge on any atom is 0.244 e. The molecule has 2 unspecified atom stereocenters. The van der Waals surface area contributed by atoms with E-state index < -0.39 is 155 Å². The second-order valence-corrected chi connectivity index (χ2v) is 18.6. The highest BCUT2D eigenvalue weighted by Gasteiger charge is 2.57. The van der Waals surface area contributed by atoms with Crippen molar-refractivity contribution < 1.29 is 82.5 Å². The summed E-state index contributed by atoms with van der Waals surface area (Å²) in [5, 5.41) is 44.7. The van der Waals surface area contributed by atoms with Crippen molar-refractivity contribution in [2.45, 2.75) is 99.4 Å². The van der Waals surface area contributed by atoms with Gasteiger partial charge in [-0.1, -0.05) is 12.1 Å². The molecule has 5 saturated heterocycles. The summed E-state index contributed by atoms with van der Waals surface area (Å²) < 4.78 is 30.5. The third-order valence-electron chi connectivity index (χ3n) is 14.0. The summed E-state index contributed by atoms with van der Waals surface area (Å²) in [6.07, 6.45) is -5.70. The molecule has 0 spiro atoms. The minimum absolute atomic E-state index is 0.0313. The number of methoxy groups -OCH3 is 2. The number of Topliss-reactive ketones (excluding diaryl/α,β-unsaturated/α-hetero) is 1. The van der Waals surface area contributed by atoms with Crippen molar-refractivity contribution in [2.24, 2.45) is 5.92 Å². The molecule has 5 fully saturated rings. The van der Waals surface area contributed by atoms with Gasteiger partial charge in [-0.05, 0) is 19.2 Å². The van der Waals surface area contributed by atoms with Crippen molar-refractivity contribution in [1.82, 2.24) is 19.6 Å². The van der Waals surface area contributed by atoms with Gasteiger partial charge in [0, 0.05) is 81.5 Å². The van der Waals surface area contributed by atoms with Crippen molar-refractivity contribution in [1.29, 1.82) is 0 Å². The van der Waals surface area contributed by atoms with Crippen molar-refractivity contribution in [2.75, 3.05) is 46.8 Å². The average Bonchev–Trinajstić information content (AvgIpc) is 3.90. The van der Waals surface area contributed by atoms with Gasteiger partial charge in [0.2, 0.25) is 35.3 Å². The van der Waals surface area contributed by atoms with E-state index in [0.717, 1.165) is 9.80 Å². The van der Waals surface area contributed by atoms with Gasteiger partial charge in [0.1, 0.15) is 42.2 Å². The number of aliphatic hydroxyl groups is 2. The Morgan fingerprint density at radius 2 is 1.64 bits per heavy atom. The second-order valence-electron chi connectivity index (χ2n) is 17.5. The van der Waals surface area contributed by atoms with Gasteiger partial charge >= 0.3 is 0 Å². The summed E-state index contributed by atoms with van der Waals surface area (Å²) in [7, 11) is 2.71. The Labute approximate surface area is 380 Å². The molecule has 5 amide bonds. The Balaban J connectivity index is 0.932. The number of piperazine rings is 1. The fourth-order valence-electron chi connectivity index (χ4n) is 10.7. The number of phenolic OH excluding ortho intramolecular Hbond substituents is 2. The third-order valence-corrected chi connectivity index (χ3v) is 14.9. The van der Waals surface area contributed by atoms with Crippen LogP contribution in [0.25, 0.3) is 0 Å². The van der Waals surface area contributed by atoms with Crippen LogP contribution in [-0.2, 0) is 54.1 Å². The SMILES string of the molecule is COc1cccc2c1C(=O)c1c(O)c3c(c(O)c1C2=O)C[C@@](O)(C(=O)CO)C[C@@H]3O[C@H]1C[C@H]2[C@H](O[C@@H]3[C@@H](OC)N(C(=O)CC4CC(=O)N(CN5C(=O)CC(SC)C5=O)C4=O)CCN32)[C@H](C)O1. The highest BCUT2D eigenvalue weighted by Crippen LogP contribution is 2.53. The number of ether oxygens (including phenoxy) is 5. The first-order valence-electron chi connectivity index (χ1n) is 21.5. The second kappa shape index (κ2) is 17.1. The smallest absolute Gasteiger partial charge is 0.244 e. The number of thioether (sulfide) groups is 1. The molecule has 0 bridgehead atoms. The molecule has 4 N–H and O–H groups in total. The van der Waals surface area contributed by atoms with Crippen molar-refractivity contribution in [3.63, 3.8) is 0 Å². The van der Waals surface area contributed by atoms with Gasteiger partial charge in [-0.3, -0.25) is 53.1 Å². The maximum absolute atomic E-state index is 14.1. The number of fused-ring (bicyclic) bond motifs is 6. The quantitative estimate of drug-likeness (QED) is 0.142. The Morgan fingerprint density at radius 3 is 2.32 bits per heavy atom. The lowest BCUT2D eigenvalue weighted by molar-refractivity contribution is -0.248. The van der Waals surface area contributed by atoms with Crippen LogP contribution in [0.5, 0.6) is 17.2 Å². The zero-order valence-corrected chi connectivity index (χ0v) is 37.1. The van der Waals surface area contributed by atoms with Crippen LogP contribution in [0.1, 0.15) is 88.1 Å². The normalized spacial score (nSPS) is 31.8. The van der Waals surface area contributed by atoms with E-state index >= 15 is 0 Å². The standard InChI is InChI=1S/C44H48N4O17S/c1-18-39-22(45-8-9-46(42(62-3)43(45)65-39)27(51)10-19-11-28(52)47(40(19)58)17-48-29(53)13-25(66-4)41(48)59)12-30(63-18)64-24-15-44(60,26(50)16-49)14-21-32(24)38(57)34-33(36(21)55)35(54)20-6-5-7-23(61-2)31(20)37(34)56/h5-7,18-19,22,24-25,30,39,42-43,49,55,57,60H,8-17H2,1-4H3/t18-,19?,22-,24-,25?,30-,39+,42+,43+,44-/m0/s1. The van der Waals surface area contributed by atoms with E-state index in [1.165, 1.54) is 49.1 Å². The molecule has 66 heavy (non-hydrogen) atoms. The van der Waals surface area contributed by atoms with Crippen LogP contribution < -0.4 is 4.74 Å². The largest absolute Gasteiger partial charge is 0.507 e. The van der Waals surface area contributed by atoms with E-state index in [0.29, 0.717) is 0 Å². The summed E-state index contributed by atoms with van der Waals surface area (Å²) in [5.74, 6) is -7.76. The Hall–Kier alpha value is -5.33. The van der Waals surface area contributed by atoms with Crippen LogP contribution >= 0.6 is 11.8 Å². The highest BCUT2D eigenvalue weighted by atomic mass is 32.2. The summed E-state index contributed by atoms with van der Waals surface area (Å²) >= 11 is 1.21.